The van der Waals surface area contributed by atoms with Crippen LogP contribution in [-0.4, -0.2) is 34.5 Å². The summed E-state index contributed by atoms with van der Waals surface area (Å²) in [4.78, 5) is 25.0. The average Bonchev–Trinajstić information content (AvgIpc) is 2.97. The zero-order valence-electron chi connectivity index (χ0n) is 11.1. The lowest BCUT2D eigenvalue weighted by Gasteiger charge is -2.26. The van der Waals surface area contributed by atoms with Gasteiger partial charge in [-0.1, -0.05) is 32.6 Å². The van der Waals surface area contributed by atoms with E-state index in [1.165, 1.54) is 25.7 Å². The summed E-state index contributed by atoms with van der Waals surface area (Å²) in [6, 6.07) is -0.580. The topological polar surface area (TPSA) is 57.6 Å². The Bertz CT molecular complexity index is 323. The molecule has 1 heterocycles. The first-order valence-corrected chi connectivity index (χ1v) is 7.13. The van der Waals surface area contributed by atoms with Gasteiger partial charge in [-0.05, 0) is 25.2 Å². The lowest BCUT2D eigenvalue weighted by molar-refractivity contribution is -0.149. The third-order valence-electron chi connectivity index (χ3n) is 4.40. The molecular weight excluding hydrogens is 230 g/mol. The van der Waals surface area contributed by atoms with Gasteiger partial charge >= 0.3 is 5.97 Å². The van der Waals surface area contributed by atoms with Crippen LogP contribution in [0.3, 0.4) is 0 Å². The zero-order valence-corrected chi connectivity index (χ0v) is 11.1. The predicted octanol–water partition coefficient (Wildman–Crippen LogP) is 2.28. The number of carbonyl (C=O) groups excluding carboxylic acids is 1. The molecule has 1 saturated carbocycles. The molecule has 4 heteroatoms. The molecule has 0 radical (unpaired) electrons. The van der Waals surface area contributed by atoms with E-state index in [9.17, 15) is 9.59 Å². The average molecular weight is 253 g/mol. The van der Waals surface area contributed by atoms with Gasteiger partial charge in [0.25, 0.3) is 0 Å². The molecule has 0 spiro atoms. The molecule has 0 bridgehead atoms. The summed E-state index contributed by atoms with van der Waals surface area (Å²) in [6.07, 6.45) is 7.40. The van der Waals surface area contributed by atoms with E-state index in [0.717, 1.165) is 12.8 Å². The standard InChI is InChI=1S/C14H23NO3/c1-10(9-11-5-2-3-6-11)13(16)15-8-4-7-12(15)14(17)18/h10-12H,2-9H2,1H3,(H,17,18). The molecule has 0 aromatic heterocycles. The number of carboxylic acid groups (broad SMARTS) is 1. The van der Waals surface area contributed by atoms with E-state index in [2.05, 4.69) is 0 Å². The van der Waals surface area contributed by atoms with E-state index in [0.29, 0.717) is 18.9 Å². The van der Waals surface area contributed by atoms with Gasteiger partial charge in [0, 0.05) is 12.5 Å². The largest absolute Gasteiger partial charge is 0.480 e. The van der Waals surface area contributed by atoms with Gasteiger partial charge in [0.1, 0.15) is 6.04 Å². The molecule has 2 unspecified atom stereocenters. The zero-order chi connectivity index (χ0) is 13.1. The number of rotatable bonds is 4. The SMILES string of the molecule is CC(CC1CCCC1)C(=O)N1CCCC1C(=O)O. The van der Waals surface area contributed by atoms with Crippen LogP contribution in [0.25, 0.3) is 0 Å². The fraction of sp³-hybridized carbons (Fsp3) is 0.857. The Balaban J connectivity index is 1.90. The first-order chi connectivity index (χ1) is 8.59. The van der Waals surface area contributed by atoms with Crippen molar-refractivity contribution in [1.82, 2.24) is 4.90 Å². The molecule has 1 aliphatic carbocycles. The molecule has 0 aromatic carbocycles. The summed E-state index contributed by atoms with van der Waals surface area (Å²) in [5.41, 5.74) is 0. The number of hydrogen-bond donors (Lipinski definition) is 1. The van der Waals surface area contributed by atoms with E-state index in [4.69, 9.17) is 5.11 Å². The molecule has 1 aliphatic heterocycles. The molecule has 2 fully saturated rings. The van der Waals surface area contributed by atoms with Crippen molar-refractivity contribution in [2.75, 3.05) is 6.54 Å². The number of carboxylic acids is 1. The number of hydrogen-bond acceptors (Lipinski definition) is 2. The number of carbonyl (C=O) groups is 2. The number of aliphatic carboxylic acids is 1. The van der Waals surface area contributed by atoms with Crippen molar-refractivity contribution in [3.05, 3.63) is 0 Å². The normalized spacial score (nSPS) is 26.5. The second-order valence-electron chi connectivity index (χ2n) is 5.82. The molecular formula is C14H23NO3. The Labute approximate surface area is 108 Å². The Hall–Kier alpha value is -1.06. The van der Waals surface area contributed by atoms with Crippen molar-refractivity contribution >= 4 is 11.9 Å². The molecule has 1 saturated heterocycles. The van der Waals surface area contributed by atoms with E-state index in [-0.39, 0.29) is 11.8 Å². The molecule has 0 aromatic rings. The molecule has 1 N–H and O–H groups in total. The molecule has 1 amide bonds. The smallest absolute Gasteiger partial charge is 0.326 e. The van der Waals surface area contributed by atoms with Gasteiger partial charge in [0.05, 0.1) is 0 Å². The summed E-state index contributed by atoms with van der Waals surface area (Å²) in [5.74, 6) is -0.149. The quantitative estimate of drug-likeness (QED) is 0.836. The minimum Gasteiger partial charge on any atom is -0.480 e. The molecule has 102 valence electrons. The van der Waals surface area contributed by atoms with Crippen LogP contribution in [-0.2, 0) is 9.59 Å². The first-order valence-electron chi connectivity index (χ1n) is 7.13. The maximum atomic E-state index is 12.3. The van der Waals surface area contributed by atoms with Crippen molar-refractivity contribution in [2.45, 2.75) is 57.9 Å². The van der Waals surface area contributed by atoms with Gasteiger partial charge in [-0.25, -0.2) is 4.79 Å². The van der Waals surface area contributed by atoms with Gasteiger partial charge in [-0.2, -0.15) is 0 Å². The van der Waals surface area contributed by atoms with E-state index < -0.39 is 12.0 Å². The van der Waals surface area contributed by atoms with Crippen LogP contribution < -0.4 is 0 Å². The highest BCUT2D eigenvalue weighted by molar-refractivity contribution is 5.85. The van der Waals surface area contributed by atoms with Crippen LogP contribution in [0.1, 0.15) is 51.9 Å². The number of likely N-dealkylation sites (tertiary alicyclic amines) is 1. The number of amides is 1. The van der Waals surface area contributed by atoms with Gasteiger partial charge in [0.2, 0.25) is 5.91 Å². The second kappa shape index (κ2) is 5.72. The van der Waals surface area contributed by atoms with Gasteiger partial charge in [-0.3, -0.25) is 4.79 Å². The molecule has 2 aliphatic rings. The van der Waals surface area contributed by atoms with Crippen LogP contribution in [0.5, 0.6) is 0 Å². The van der Waals surface area contributed by atoms with Crippen LogP contribution >= 0.6 is 0 Å². The highest BCUT2D eigenvalue weighted by atomic mass is 16.4. The Morgan fingerprint density at radius 1 is 1.22 bits per heavy atom. The predicted molar refractivity (Wildman–Crippen MR) is 68.1 cm³/mol. The third kappa shape index (κ3) is 2.85. The maximum Gasteiger partial charge on any atom is 0.326 e. The summed E-state index contributed by atoms with van der Waals surface area (Å²) in [7, 11) is 0. The number of nitrogens with zero attached hydrogens (tertiary/aromatic N) is 1. The first kappa shape index (κ1) is 13.4. The lowest BCUT2D eigenvalue weighted by atomic mass is 9.93. The fourth-order valence-electron chi connectivity index (χ4n) is 3.42. The van der Waals surface area contributed by atoms with Crippen molar-refractivity contribution in [3.63, 3.8) is 0 Å². The van der Waals surface area contributed by atoms with E-state index in [1.54, 1.807) is 4.90 Å². The van der Waals surface area contributed by atoms with Gasteiger partial charge in [0.15, 0.2) is 0 Å². The lowest BCUT2D eigenvalue weighted by Crippen LogP contribution is -2.43. The van der Waals surface area contributed by atoms with Crippen LogP contribution in [0.2, 0.25) is 0 Å². The Morgan fingerprint density at radius 2 is 1.89 bits per heavy atom. The Morgan fingerprint density at radius 3 is 2.50 bits per heavy atom. The summed E-state index contributed by atoms with van der Waals surface area (Å²) in [5, 5.41) is 9.10. The minimum atomic E-state index is -0.853. The summed E-state index contributed by atoms with van der Waals surface area (Å²) >= 11 is 0. The molecule has 2 rings (SSSR count). The fourth-order valence-corrected chi connectivity index (χ4v) is 3.42. The van der Waals surface area contributed by atoms with Crippen molar-refractivity contribution < 1.29 is 14.7 Å². The van der Waals surface area contributed by atoms with Crippen molar-refractivity contribution in [3.8, 4) is 0 Å². The monoisotopic (exact) mass is 253 g/mol. The highest BCUT2D eigenvalue weighted by Crippen LogP contribution is 2.31. The minimum absolute atomic E-state index is 0.0203. The van der Waals surface area contributed by atoms with E-state index in [1.807, 2.05) is 6.92 Å². The summed E-state index contributed by atoms with van der Waals surface area (Å²) in [6.45, 7) is 2.57. The van der Waals surface area contributed by atoms with E-state index >= 15 is 0 Å². The second-order valence-corrected chi connectivity index (χ2v) is 5.82. The van der Waals surface area contributed by atoms with Crippen LogP contribution in [0.4, 0.5) is 0 Å². The van der Waals surface area contributed by atoms with Crippen molar-refractivity contribution in [1.29, 1.82) is 0 Å². The van der Waals surface area contributed by atoms with Gasteiger partial charge < -0.3 is 10.0 Å². The molecule has 4 nitrogen and oxygen atoms in total. The van der Waals surface area contributed by atoms with Crippen LogP contribution in [0.15, 0.2) is 0 Å². The summed E-state index contributed by atoms with van der Waals surface area (Å²) < 4.78 is 0. The van der Waals surface area contributed by atoms with Crippen LogP contribution in [0, 0.1) is 11.8 Å². The Kier molecular flexibility index (Phi) is 4.25. The molecule has 18 heavy (non-hydrogen) atoms. The third-order valence-corrected chi connectivity index (χ3v) is 4.40. The maximum absolute atomic E-state index is 12.3. The van der Waals surface area contributed by atoms with Gasteiger partial charge in [-0.15, -0.1) is 0 Å². The molecule has 2 atom stereocenters. The highest BCUT2D eigenvalue weighted by Gasteiger charge is 2.36. The van der Waals surface area contributed by atoms with Crippen molar-refractivity contribution in [2.24, 2.45) is 11.8 Å².